The normalized spacial score (nSPS) is 11.4. The Kier molecular flexibility index (Phi) is 3.03. The molecule has 2 aromatic rings. The molecule has 1 N–H and O–H groups in total. The van der Waals surface area contributed by atoms with E-state index in [0.717, 1.165) is 15.3 Å². The van der Waals surface area contributed by atoms with Gasteiger partial charge in [0, 0.05) is 9.75 Å². The van der Waals surface area contributed by atoms with E-state index in [2.05, 4.69) is 0 Å². The highest BCUT2D eigenvalue weighted by molar-refractivity contribution is 7.15. The van der Waals surface area contributed by atoms with Crippen molar-refractivity contribution in [3.05, 3.63) is 47.3 Å². The fourth-order valence-electron chi connectivity index (χ4n) is 1.54. The predicted octanol–water partition coefficient (Wildman–Crippen LogP) is 3.78. The summed E-state index contributed by atoms with van der Waals surface area (Å²) in [7, 11) is 0. The Balaban J connectivity index is 2.38. The quantitative estimate of drug-likeness (QED) is 0.895. The zero-order chi connectivity index (χ0) is 12.5. The second-order valence-electron chi connectivity index (χ2n) is 4.46. The lowest BCUT2D eigenvalue weighted by molar-refractivity contribution is -0.142. The van der Waals surface area contributed by atoms with Crippen molar-refractivity contribution >= 4 is 17.3 Å². The average molecular weight is 246 g/mol. The maximum absolute atomic E-state index is 11.2. The fraction of sp³-hybridized carbons (Fsp3) is 0.214. The van der Waals surface area contributed by atoms with E-state index in [1.165, 1.54) is 0 Å². The van der Waals surface area contributed by atoms with Gasteiger partial charge in [0.05, 0.1) is 5.41 Å². The number of hydrogen-bond donors (Lipinski definition) is 1. The van der Waals surface area contributed by atoms with Crippen molar-refractivity contribution in [2.75, 3.05) is 0 Å². The highest BCUT2D eigenvalue weighted by atomic mass is 32.1. The summed E-state index contributed by atoms with van der Waals surface area (Å²) in [6.07, 6.45) is 0. The van der Waals surface area contributed by atoms with Gasteiger partial charge in [-0.15, -0.1) is 11.3 Å². The van der Waals surface area contributed by atoms with Crippen molar-refractivity contribution < 1.29 is 9.90 Å². The maximum atomic E-state index is 11.2. The molecule has 1 aromatic carbocycles. The van der Waals surface area contributed by atoms with Crippen LogP contribution in [0.2, 0.25) is 0 Å². The van der Waals surface area contributed by atoms with Crippen LogP contribution < -0.4 is 0 Å². The third kappa shape index (κ3) is 2.24. The second-order valence-corrected chi connectivity index (χ2v) is 5.54. The molecule has 0 spiro atoms. The lowest BCUT2D eigenvalue weighted by Gasteiger charge is -2.16. The third-order valence-electron chi connectivity index (χ3n) is 2.81. The molecular formula is C14H14O2S. The molecular weight excluding hydrogens is 232 g/mol. The monoisotopic (exact) mass is 246 g/mol. The summed E-state index contributed by atoms with van der Waals surface area (Å²) in [6, 6.07) is 13.9. The van der Waals surface area contributed by atoms with E-state index in [-0.39, 0.29) is 0 Å². The molecule has 17 heavy (non-hydrogen) atoms. The van der Waals surface area contributed by atoms with Gasteiger partial charge >= 0.3 is 5.97 Å². The van der Waals surface area contributed by atoms with Crippen LogP contribution in [0.5, 0.6) is 0 Å². The molecule has 0 saturated heterocycles. The summed E-state index contributed by atoms with van der Waals surface area (Å²) in [6.45, 7) is 3.46. The molecule has 0 fully saturated rings. The van der Waals surface area contributed by atoms with Crippen LogP contribution in [-0.2, 0) is 10.2 Å². The molecule has 0 bridgehead atoms. The van der Waals surface area contributed by atoms with E-state index in [1.54, 1.807) is 25.2 Å². The molecule has 0 unspecified atom stereocenters. The lowest BCUT2D eigenvalue weighted by Crippen LogP contribution is -2.27. The van der Waals surface area contributed by atoms with Crippen LogP contribution in [0, 0.1) is 0 Å². The largest absolute Gasteiger partial charge is 0.481 e. The first-order valence-electron chi connectivity index (χ1n) is 5.41. The van der Waals surface area contributed by atoms with Gasteiger partial charge in [-0.3, -0.25) is 4.79 Å². The Morgan fingerprint density at radius 1 is 1.12 bits per heavy atom. The Morgan fingerprint density at radius 2 is 1.76 bits per heavy atom. The Hall–Kier alpha value is -1.61. The molecule has 1 heterocycles. The summed E-state index contributed by atoms with van der Waals surface area (Å²) in [5.41, 5.74) is 0.308. The number of rotatable bonds is 3. The number of carboxylic acid groups (broad SMARTS) is 1. The summed E-state index contributed by atoms with van der Waals surface area (Å²) in [5, 5.41) is 9.18. The smallest absolute Gasteiger partial charge is 0.314 e. The zero-order valence-electron chi connectivity index (χ0n) is 9.81. The van der Waals surface area contributed by atoms with Gasteiger partial charge in [0.2, 0.25) is 0 Å². The van der Waals surface area contributed by atoms with Gasteiger partial charge in [-0.05, 0) is 31.5 Å². The molecule has 2 rings (SSSR count). The third-order valence-corrected chi connectivity index (χ3v) is 4.27. The van der Waals surface area contributed by atoms with Crippen molar-refractivity contribution in [1.29, 1.82) is 0 Å². The van der Waals surface area contributed by atoms with Gasteiger partial charge < -0.3 is 5.11 Å². The first-order chi connectivity index (χ1) is 8.01. The number of hydrogen-bond acceptors (Lipinski definition) is 2. The second kappa shape index (κ2) is 4.34. The average Bonchev–Trinajstić information content (AvgIpc) is 2.80. The Bertz CT molecular complexity index is 526. The van der Waals surface area contributed by atoms with E-state index in [1.807, 2.05) is 42.5 Å². The minimum absolute atomic E-state index is 0.793. The van der Waals surface area contributed by atoms with E-state index >= 15 is 0 Å². The summed E-state index contributed by atoms with van der Waals surface area (Å²) in [4.78, 5) is 13.2. The highest BCUT2D eigenvalue weighted by Gasteiger charge is 2.31. The van der Waals surface area contributed by atoms with Gasteiger partial charge in [0.1, 0.15) is 0 Å². The summed E-state index contributed by atoms with van der Waals surface area (Å²) >= 11 is 1.54. The first kappa shape index (κ1) is 11.9. The molecule has 0 aliphatic heterocycles. The standard InChI is InChI=1S/C14H14O2S/c1-14(2,13(15)16)12-9-8-11(17-12)10-6-4-3-5-7-10/h3-9H,1-2H3,(H,15,16). The summed E-state index contributed by atoms with van der Waals surface area (Å²) < 4.78 is 0. The van der Waals surface area contributed by atoms with Crippen LogP contribution in [0.15, 0.2) is 42.5 Å². The zero-order valence-corrected chi connectivity index (χ0v) is 10.6. The molecule has 3 heteroatoms. The van der Waals surface area contributed by atoms with Crippen LogP contribution in [0.25, 0.3) is 10.4 Å². The number of carbonyl (C=O) groups is 1. The molecule has 0 saturated carbocycles. The van der Waals surface area contributed by atoms with Crippen molar-refractivity contribution in [3.8, 4) is 10.4 Å². The predicted molar refractivity (Wildman–Crippen MR) is 70.4 cm³/mol. The van der Waals surface area contributed by atoms with Gasteiger partial charge in [0.25, 0.3) is 0 Å². The maximum Gasteiger partial charge on any atom is 0.314 e. The first-order valence-corrected chi connectivity index (χ1v) is 6.22. The molecule has 0 radical (unpaired) electrons. The molecule has 1 aromatic heterocycles. The van der Waals surface area contributed by atoms with E-state index < -0.39 is 11.4 Å². The highest BCUT2D eigenvalue weighted by Crippen LogP contribution is 2.35. The molecule has 2 nitrogen and oxygen atoms in total. The van der Waals surface area contributed by atoms with Gasteiger partial charge in [-0.25, -0.2) is 0 Å². The van der Waals surface area contributed by atoms with Crippen molar-refractivity contribution in [1.82, 2.24) is 0 Å². The van der Waals surface area contributed by atoms with Crippen molar-refractivity contribution in [3.63, 3.8) is 0 Å². The van der Waals surface area contributed by atoms with Crippen LogP contribution in [0.4, 0.5) is 0 Å². The van der Waals surface area contributed by atoms with Crippen LogP contribution >= 0.6 is 11.3 Å². The van der Waals surface area contributed by atoms with Crippen LogP contribution in [-0.4, -0.2) is 11.1 Å². The minimum Gasteiger partial charge on any atom is -0.481 e. The number of benzene rings is 1. The molecule has 88 valence electrons. The Morgan fingerprint density at radius 3 is 2.35 bits per heavy atom. The van der Waals surface area contributed by atoms with Gasteiger partial charge in [-0.1, -0.05) is 30.3 Å². The Labute approximate surface area is 105 Å². The van der Waals surface area contributed by atoms with Gasteiger partial charge in [-0.2, -0.15) is 0 Å². The SMILES string of the molecule is CC(C)(C(=O)O)c1ccc(-c2ccccc2)s1. The van der Waals surface area contributed by atoms with Crippen LogP contribution in [0.3, 0.4) is 0 Å². The number of thiophene rings is 1. The topological polar surface area (TPSA) is 37.3 Å². The van der Waals surface area contributed by atoms with Gasteiger partial charge in [0.15, 0.2) is 0 Å². The molecule has 0 amide bonds. The summed E-state index contributed by atoms with van der Waals surface area (Å²) in [5.74, 6) is -0.793. The van der Waals surface area contributed by atoms with E-state index in [0.29, 0.717) is 0 Å². The van der Waals surface area contributed by atoms with E-state index in [9.17, 15) is 9.90 Å². The fourth-order valence-corrected chi connectivity index (χ4v) is 2.64. The molecule has 0 aliphatic rings. The van der Waals surface area contributed by atoms with E-state index in [4.69, 9.17) is 0 Å². The number of carboxylic acids is 1. The lowest BCUT2D eigenvalue weighted by atomic mass is 9.92. The van der Waals surface area contributed by atoms with Crippen molar-refractivity contribution in [2.45, 2.75) is 19.3 Å². The van der Waals surface area contributed by atoms with Crippen LogP contribution in [0.1, 0.15) is 18.7 Å². The minimum atomic E-state index is -0.822. The van der Waals surface area contributed by atoms with Crippen molar-refractivity contribution in [2.24, 2.45) is 0 Å². The molecule has 0 aliphatic carbocycles. The molecule has 0 atom stereocenters. The number of aliphatic carboxylic acids is 1.